The van der Waals surface area contributed by atoms with Gasteiger partial charge in [-0.3, -0.25) is 0 Å². The average molecular weight is 277 g/mol. The Morgan fingerprint density at radius 3 is 2.15 bits per heavy atom. The fraction of sp³-hybridized carbons (Fsp3) is 0.250. The molecule has 0 atom stereocenters. The van der Waals surface area contributed by atoms with Crippen molar-refractivity contribution in [1.82, 2.24) is 0 Å². The fourth-order valence-electron chi connectivity index (χ4n) is 2.13. The van der Waals surface area contributed by atoms with Crippen LogP contribution in [-0.2, 0) is 6.54 Å². The van der Waals surface area contributed by atoms with E-state index in [1.54, 1.807) is 12.1 Å². The lowest BCUT2D eigenvalue weighted by Gasteiger charge is -2.09. The van der Waals surface area contributed by atoms with Crippen LogP contribution in [0.4, 0.5) is 14.5 Å². The third-order valence-electron chi connectivity index (χ3n) is 2.86. The molecule has 2 rings (SSSR count). The molecule has 0 saturated heterocycles. The monoisotopic (exact) mass is 277 g/mol. The van der Waals surface area contributed by atoms with Crippen molar-refractivity contribution in [3.8, 4) is 5.75 Å². The van der Waals surface area contributed by atoms with Gasteiger partial charge in [-0.2, -0.15) is 8.78 Å². The third kappa shape index (κ3) is 4.23. The molecule has 106 valence electrons. The molecule has 0 fully saturated rings. The lowest BCUT2D eigenvalue weighted by Crippen LogP contribution is -2.03. The van der Waals surface area contributed by atoms with Crippen molar-refractivity contribution in [3.63, 3.8) is 0 Å². The second-order valence-corrected chi connectivity index (χ2v) is 4.75. The first-order valence-electron chi connectivity index (χ1n) is 6.39. The van der Waals surface area contributed by atoms with E-state index >= 15 is 0 Å². The average Bonchev–Trinajstić information content (AvgIpc) is 2.36. The number of ether oxygens (including phenoxy) is 1. The van der Waals surface area contributed by atoms with Crippen molar-refractivity contribution >= 4 is 5.69 Å². The van der Waals surface area contributed by atoms with Crippen LogP contribution in [0.15, 0.2) is 42.5 Å². The van der Waals surface area contributed by atoms with E-state index < -0.39 is 6.61 Å². The van der Waals surface area contributed by atoms with Crippen LogP contribution in [0, 0.1) is 13.8 Å². The van der Waals surface area contributed by atoms with Gasteiger partial charge in [0.1, 0.15) is 5.75 Å². The highest BCUT2D eigenvalue weighted by Crippen LogP contribution is 2.18. The van der Waals surface area contributed by atoms with Gasteiger partial charge in [0.15, 0.2) is 0 Å². The first-order valence-corrected chi connectivity index (χ1v) is 6.39. The minimum atomic E-state index is -2.79. The molecule has 0 saturated carbocycles. The number of benzene rings is 2. The SMILES string of the molecule is Cc1cc(C)cc(CNc2ccc(OC(F)F)cc2)c1. The van der Waals surface area contributed by atoms with E-state index in [9.17, 15) is 8.78 Å². The van der Waals surface area contributed by atoms with Crippen LogP contribution >= 0.6 is 0 Å². The molecule has 4 heteroatoms. The maximum absolute atomic E-state index is 12.0. The summed E-state index contributed by atoms with van der Waals surface area (Å²) in [7, 11) is 0. The van der Waals surface area contributed by atoms with Crippen molar-refractivity contribution in [2.75, 3.05) is 5.32 Å². The summed E-state index contributed by atoms with van der Waals surface area (Å²) in [5, 5.41) is 3.25. The summed E-state index contributed by atoms with van der Waals surface area (Å²) in [5.74, 6) is 0.164. The highest BCUT2D eigenvalue weighted by molar-refractivity contribution is 5.47. The van der Waals surface area contributed by atoms with Gasteiger partial charge in [-0.05, 0) is 43.7 Å². The minimum absolute atomic E-state index is 0.164. The molecular weight excluding hydrogens is 260 g/mol. The van der Waals surface area contributed by atoms with Crippen molar-refractivity contribution in [2.24, 2.45) is 0 Å². The normalized spacial score (nSPS) is 10.7. The van der Waals surface area contributed by atoms with Crippen molar-refractivity contribution < 1.29 is 13.5 Å². The minimum Gasteiger partial charge on any atom is -0.435 e. The van der Waals surface area contributed by atoms with Gasteiger partial charge < -0.3 is 10.1 Å². The van der Waals surface area contributed by atoms with Crippen LogP contribution in [0.1, 0.15) is 16.7 Å². The molecule has 2 nitrogen and oxygen atoms in total. The number of rotatable bonds is 5. The summed E-state index contributed by atoms with van der Waals surface area (Å²) in [6.45, 7) is 2.03. The predicted octanol–water partition coefficient (Wildman–Crippen LogP) is 4.52. The van der Waals surface area contributed by atoms with E-state index in [1.165, 1.54) is 28.8 Å². The Kier molecular flexibility index (Phi) is 4.56. The molecule has 0 spiro atoms. The zero-order chi connectivity index (χ0) is 14.5. The van der Waals surface area contributed by atoms with Gasteiger partial charge in [-0.15, -0.1) is 0 Å². The molecule has 0 bridgehead atoms. The Labute approximate surface area is 117 Å². The highest BCUT2D eigenvalue weighted by atomic mass is 19.3. The molecule has 2 aromatic rings. The largest absolute Gasteiger partial charge is 0.435 e. The van der Waals surface area contributed by atoms with Crippen molar-refractivity contribution in [1.29, 1.82) is 0 Å². The number of hydrogen-bond donors (Lipinski definition) is 1. The Morgan fingerprint density at radius 1 is 1.00 bits per heavy atom. The topological polar surface area (TPSA) is 21.3 Å². The van der Waals surface area contributed by atoms with Gasteiger partial charge in [0.05, 0.1) is 0 Å². The number of anilines is 1. The van der Waals surface area contributed by atoms with Gasteiger partial charge >= 0.3 is 6.61 Å². The van der Waals surface area contributed by atoms with Crippen molar-refractivity contribution in [2.45, 2.75) is 27.0 Å². The van der Waals surface area contributed by atoms with Gasteiger partial charge in [0, 0.05) is 12.2 Å². The summed E-state index contributed by atoms with van der Waals surface area (Å²) in [6, 6.07) is 12.9. The van der Waals surface area contributed by atoms with Gasteiger partial charge in [-0.25, -0.2) is 0 Å². The van der Waals surface area contributed by atoms with E-state index in [2.05, 4.69) is 42.1 Å². The number of halogens is 2. The lowest BCUT2D eigenvalue weighted by atomic mass is 10.1. The molecule has 0 aliphatic carbocycles. The molecule has 0 aliphatic heterocycles. The molecule has 1 N–H and O–H groups in total. The molecule has 20 heavy (non-hydrogen) atoms. The summed E-state index contributed by atoms with van der Waals surface area (Å²) in [4.78, 5) is 0. The maximum atomic E-state index is 12.0. The zero-order valence-electron chi connectivity index (χ0n) is 11.5. The van der Waals surface area contributed by atoms with Gasteiger partial charge in [0.2, 0.25) is 0 Å². The summed E-state index contributed by atoms with van der Waals surface area (Å²) < 4.78 is 28.4. The Hall–Kier alpha value is -2.10. The molecule has 0 amide bonds. The van der Waals surface area contributed by atoms with Crippen LogP contribution < -0.4 is 10.1 Å². The van der Waals surface area contributed by atoms with Crippen molar-refractivity contribution in [3.05, 3.63) is 59.2 Å². The number of alkyl halides is 2. The standard InChI is InChI=1S/C16H17F2NO/c1-11-7-12(2)9-13(8-11)10-19-14-3-5-15(6-4-14)20-16(17)18/h3-9,16,19H,10H2,1-2H3. The highest BCUT2D eigenvalue weighted by Gasteiger charge is 2.03. The Bertz CT molecular complexity index is 547. The first-order chi connectivity index (χ1) is 9.52. The summed E-state index contributed by atoms with van der Waals surface area (Å²) in [5.41, 5.74) is 4.51. The Morgan fingerprint density at radius 2 is 1.60 bits per heavy atom. The number of hydrogen-bond acceptors (Lipinski definition) is 2. The van der Waals surface area contributed by atoms with E-state index in [0.29, 0.717) is 6.54 Å². The molecule has 0 aromatic heterocycles. The smallest absolute Gasteiger partial charge is 0.387 e. The molecule has 0 heterocycles. The molecule has 0 radical (unpaired) electrons. The number of nitrogens with one attached hydrogen (secondary N) is 1. The quantitative estimate of drug-likeness (QED) is 0.867. The second-order valence-electron chi connectivity index (χ2n) is 4.75. The molecule has 0 unspecified atom stereocenters. The second kappa shape index (κ2) is 6.37. The van der Waals surface area contributed by atoms with Crippen LogP contribution in [-0.4, -0.2) is 6.61 Å². The van der Waals surface area contributed by atoms with Crippen LogP contribution in [0.25, 0.3) is 0 Å². The number of aryl methyl sites for hydroxylation is 2. The first kappa shape index (κ1) is 14.3. The van der Waals surface area contributed by atoms with E-state index in [1.807, 2.05) is 0 Å². The van der Waals surface area contributed by atoms with E-state index in [4.69, 9.17) is 0 Å². The Balaban J connectivity index is 1.96. The maximum Gasteiger partial charge on any atom is 0.387 e. The van der Waals surface area contributed by atoms with Crippen LogP contribution in [0.2, 0.25) is 0 Å². The van der Waals surface area contributed by atoms with Crippen LogP contribution in [0.3, 0.4) is 0 Å². The fourth-order valence-corrected chi connectivity index (χ4v) is 2.13. The third-order valence-corrected chi connectivity index (χ3v) is 2.86. The van der Waals surface area contributed by atoms with Gasteiger partial charge in [0.25, 0.3) is 0 Å². The lowest BCUT2D eigenvalue weighted by molar-refractivity contribution is -0.0498. The molecule has 2 aromatic carbocycles. The van der Waals surface area contributed by atoms with Gasteiger partial charge in [-0.1, -0.05) is 29.3 Å². The molecule has 0 aliphatic rings. The van der Waals surface area contributed by atoms with E-state index in [0.717, 1.165) is 5.69 Å². The van der Waals surface area contributed by atoms with E-state index in [-0.39, 0.29) is 5.75 Å². The van der Waals surface area contributed by atoms with Crippen LogP contribution in [0.5, 0.6) is 5.75 Å². The summed E-state index contributed by atoms with van der Waals surface area (Å²) >= 11 is 0. The predicted molar refractivity (Wildman–Crippen MR) is 76.3 cm³/mol. The zero-order valence-corrected chi connectivity index (χ0v) is 11.5. The molecular formula is C16H17F2NO. The summed E-state index contributed by atoms with van der Waals surface area (Å²) in [6.07, 6.45) is 0.